The Hall–Kier alpha value is -2.88. The summed E-state index contributed by atoms with van der Waals surface area (Å²) >= 11 is 0. The Labute approximate surface area is 214 Å². The van der Waals surface area contributed by atoms with E-state index in [1.807, 2.05) is 0 Å². The minimum atomic E-state index is -0.608. The molecule has 0 aliphatic rings. The molecule has 1 unspecified atom stereocenters. The summed E-state index contributed by atoms with van der Waals surface area (Å²) in [5.41, 5.74) is 6.93. The number of rotatable bonds is 19. The van der Waals surface area contributed by atoms with Gasteiger partial charge in [0.15, 0.2) is 11.5 Å². The molecule has 0 fully saturated rings. The Morgan fingerprint density at radius 2 is 2.08 bits per heavy atom. The highest BCUT2D eigenvalue weighted by Crippen LogP contribution is 2.19. The van der Waals surface area contributed by atoms with E-state index in [0.717, 1.165) is 25.7 Å². The van der Waals surface area contributed by atoms with E-state index < -0.39 is 20.9 Å². The first-order chi connectivity index (χ1) is 17.4. The van der Waals surface area contributed by atoms with Gasteiger partial charge in [0.25, 0.3) is 0 Å². The second-order valence-corrected chi connectivity index (χ2v) is 8.78. The van der Waals surface area contributed by atoms with E-state index in [9.17, 15) is 9.36 Å². The first kappa shape index (κ1) is 29.4. The van der Waals surface area contributed by atoms with Gasteiger partial charge in [0, 0.05) is 20.1 Å². The number of amides is 1. The number of hydrogen-bond donors (Lipinski definition) is 1. The number of carbonyl (C=O) groups is 1. The molecule has 0 bridgehead atoms. The maximum Gasteiger partial charge on any atom is 0.327 e. The van der Waals surface area contributed by atoms with Crippen LogP contribution in [0.2, 0.25) is 0 Å². The quantitative estimate of drug-likeness (QED) is 0.127. The molecule has 2 rings (SSSR count). The molecule has 12 heteroatoms. The molecule has 11 nitrogen and oxygen atoms in total. The van der Waals surface area contributed by atoms with Crippen molar-refractivity contribution in [2.24, 2.45) is 0 Å². The third-order valence-corrected chi connectivity index (χ3v) is 5.95. The molecule has 0 saturated carbocycles. The van der Waals surface area contributed by atoms with Crippen LogP contribution in [0.4, 0.5) is 5.82 Å². The average Bonchev–Trinajstić information content (AvgIpc) is 3.28. The minimum absolute atomic E-state index is 0.0161. The number of ether oxygens (including phenoxy) is 2. The summed E-state index contributed by atoms with van der Waals surface area (Å²) in [5.74, 6) is 0.703. The number of anilines is 1. The fraction of sp³-hybridized carbons (Fsp3) is 0.583. The molecule has 0 aliphatic carbocycles. The SMILES string of the molecule is C=CCCC(=O)N(CCCCCC)CC(=C)O[C@@H](Cn1cnc2c(N)ncnc21)C(COP=O)OC. The highest BCUT2D eigenvalue weighted by atomic mass is 31.1. The normalized spacial score (nSPS) is 12.9. The maximum atomic E-state index is 12.8. The standard InChI is InChI=1S/C24H37N6O5P/c1-5-7-9-10-12-29(21(31)11-8-6-2)13-18(3)35-19(20(33-4)15-34-36-32)14-30-17-28-22-23(25)26-16-27-24(22)30/h6,16-17,19-20H,2-3,5,7-15H2,1,4H3,(H2,25,26,27)/t19-,20?/m0/s1. The van der Waals surface area contributed by atoms with E-state index in [2.05, 4.69) is 35.0 Å². The molecule has 2 N–H and O–H groups in total. The van der Waals surface area contributed by atoms with Crippen molar-refractivity contribution >= 4 is 31.6 Å². The molecule has 1 amide bonds. The Morgan fingerprint density at radius 3 is 2.78 bits per heavy atom. The predicted octanol–water partition coefficient (Wildman–Crippen LogP) is 3.92. The van der Waals surface area contributed by atoms with Gasteiger partial charge >= 0.3 is 8.69 Å². The van der Waals surface area contributed by atoms with Crippen molar-refractivity contribution in [1.82, 2.24) is 24.4 Å². The van der Waals surface area contributed by atoms with Crippen molar-refractivity contribution in [2.75, 3.05) is 32.5 Å². The zero-order chi connectivity index (χ0) is 26.3. The van der Waals surface area contributed by atoms with Gasteiger partial charge in [0.2, 0.25) is 5.91 Å². The number of hydrogen-bond acceptors (Lipinski definition) is 9. The van der Waals surface area contributed by atoms with Gasteiger partial charge in [-0.25, -0.2) is 19.5 Å². The van der Waals surface area contributed by atoms with E-state index in [-0.39, 0.29) is 31.4 Å². The Bertz CT molecular complexity index is 1000. The van der Waals surface area contributed by atoms with Gasteiger partial charge in [0.1, 0.15) is 29.8 Å². The maximum absolute atomic E-state index is 12.8. The van der Waals surface area contributed by atoms with Crippen molar-refractivity contribution in [3.63, 3.8) is 0 Å². The Kier molecular flexibility index (Phi) is 13.0. The van der Waals surface area contributed by atoms with Crippen LogP contribution < -0.4 is 5.73 Å². The van der Waals surface area contributed by atoms with Gasteiger partial charge in [-0.2, -0.15) is 0 Å². The molecule has 0 aromatic carbocycles. The van der Waals surface area contributed by atoms with E-state index >= 15 is 0 Å². The molecular weight excluding hydrogens is 483 g/mol. The second-order valence-electron chi connectivity index (χ2n) is 8.37. The fourth-order valence-electron chi connectivity index (χ4n) is 3.76. The molecule has 2 aromatic heterocycles. The number of carbonyl (C=O) groups excluding carboxylic acids is 1. The van der Waals surface area contributed by atoms with E-state index in [4.69, 9.17) is 19.7 Å². The van der Waals surface area contributed by atoms with Gasteiger partial charge in [-0.15, -0.1) is 6.58 Å². The average molecular weight is 521 g/mol. The van der Waals surface area contributed by atoms with Gasteiger partial charge in [-0.3, -0.25) is 9.32 Å². The minimum Gasteiger partial charge on any atom is -0.489 e. The third kappa shape index (κ3) is 8.96. The predicted molar refractivity (Wildman–Crippen MR) is 138 cm³/mol. The van der Waals surface area contributed by atoms with Crippen molar-refractivity contribution in [3.8, 4) is 0 Å². The molecule has 36 heavy (non-hydrogen) atoms. The summed E-state index contributed by atoms with van der Waals surface area (Å²) in [6.45, 7) is 11.1. The zero-order valence-electron chi connectivity index (χ0n) is 21.2. The number of aromatic nitrogens is 4. The molecule has 2 heterocycles. The highest BCUT2D eigenvalue weighted by Gasteiger charge is 2.27. The molecular formula is C24H37N6O5P. The zero-order valence-corrected chi connectivity index (χ0v) is 22.1. The molecule has 2 atom stereocenters. The van der Waals surface area contributed by atoms with Gasteiger partial charge < -0.3 is 24.7 Å². The van der Waals surface area contributed by atoms with Crippen LogP contribution in [0.3, 0.4) is 0 Å². The van der Waals surface area contributed by atoms with Crippen LogP contribution in [0.15, 0.2) is 37.6 Å². The number of nitrogens with zero attached hydrogens (tertiary/aromatic N) is 5. The smallest absolute Gasteiger partial charge is 0.327 e. The van der Waals surface area contributed by atoms with Gasteiger partial charge in [-0.05, 0) is 12.8 Å². The second kappa shape index (κ2) is 16.0. The summed E-state index contributed by atoms with van der Waals surface area (Å²) in [7, 11) is 1.05. The third-order valence-electron chi connectivity index (χ3n) is 5.70. The Morgan fingerprint density at radius 1 is 1.28 bits per heavy atom. The monoisotopic (exact) mass is 520 g/mol. The Balaban J connectivity index is 2.18. The summed E-state index contributed by atoms with van der Waals surface area (Å²) < 4.78 is 29.5. The first-order valence-corrected chi connectivity index (χ1v) is 12.8. The number of unbranched alkanes of at least 4 members (excludes halogenated alkanes) is 3. The van der Waals surface area contributed by atoms with Crippen LogP contribution in [0.5, 0.6) is 0 Å². The van der Waals surface area contributed by atoms with E-state index in [1.165, 1.54) is 13.4 Å². The molecule has 0 radical (unpaired) electrons. The highest BCUT2D eigenvalue weighted by molar-refractivity contribution is 7.17. The van der Waals surface area contributed by atoms with Crippen molar-refractivity contribution < 1.29 is 23.4 Å². The topological polar surface area (TPSA) is 135 Å². The van der Waals surface area contributed by atoms with Gasteiger partial charge in [-0.1, -0.05) is 38.8 Å². The molecule has 0 saturated heterocycles. The van der Waals surface area contributed by atoms with Crippen LogP contribution in [-0.4, -0.2) is 69.3 Å². The lowest BCUT2D eigenvalue weighted by molar-refractivity contribution is -0.131. The molecule has 2 aromatic rings. The van der Waals surface area contributed by atoms with Crippen LogP contribution in [-0.2, 0) is 29.9 Å². The van der Waals surface area contributed by atoms with Crippen molar-refractivity contribution in [1.29, 1.82) is 0 Å². The lowest BCUT2D eigenvalue weighted by Gasteiger charge is -2.30. The fourth-order valence-corrected chi connectivity index (χ4v) is 3.97. The number of nitrogen functional groups attached to an aromatic ring is 1. The molecule has 0 spiro atoms. The number of allylic oxidation sites excluding steroid dienone is 1. The van der Waals surface area contributed by atoms with Crippen LogP contribution in [0, 0.1) is 0 Å². The number of fused-ring (bicyclic) bond motifs is 1. The van der Waals surface area contributed by atoms with Crippen molar-refractivity contribution in [2.45, 2.75) is 64.2 Å². The number of imidazole rings is 1. The molecule has 198 valence electrons. The summed E-state index contributed by atoms with van der Waals surface area (Å²) in [4.78, 5) is 27.1. The van der Waals surface area contributed by atoms with Crippen LogP contribution in [0.25, 0.3) is 11.2 Å². The van der Waals surface area contributed by atoms with Crippen LogP contribution >= 0.6 is 8.69 Å². The summed E-state index contributed by atoms with van der Waals surface area (Å²) in [6.07, 6.45) is 8.67. The number of methoxy groups -OCH3 is 1. The lowest BCUT2D eigenvalue weighted by atomic mass is 10.2. The van der Waals surface area contributed by atoms with E-state index in [0.29, 0.717) is 36.3 Å². The van der Waals surface area contributed by atoms with Crippen molar-refractivity contribution in [3.05, 3.63) is 37.6 Å². The van der Waals surface area contributed by atoms with Crippen LogP contribution in [0.1, 0.15) is 45.4 Å². The summed E-state index contributed by atoms with van der Waals surface area (Å²) in [5, 5.41) is 0. The number of nitrogens with two attached hydrogens (primary N) is 1. The first-order valence-electron chi connectivity index (χ1n) is 12.1. The van der Waals surface area contributed by atoms with E-state index in [1.54, 1.807) is 21.9 Å². The van der Waals surface area contributed by atoms with Gasteiger partial charge in [0.05, 0.1) is 26.0 Å². The lowest BCUT2D eigenvalue weighted by Crippen LogP contribution is -2.39. The largest absolute Gasteiger partial charge is 0.489 e. The summed E-state index contributed by atoms with van der Waals surface area (Å²) in [6, 6.07) is 0. The molecule has 0 aliphatic heterocycles.